The van der Waals surface area contributed by atoms with Crippen molar-refractivity contribution in [2.24, 2.45) is 0 Å². The van der Waals surface area contributed by atoms with E-state index in [2.05, 4.69) is 97.9 Å². The molecule has 4 aromatic carbocycles. The van der Waals surface area contributed by atoms with Gasteiger partial charge in [-0.1, -0.05) is 78.9 Å². The molecule has 0 N–H and O–H groups in total. The van der Waals surface area contributed by atoms with Gasteiger partial charge in [0.25, 0.3) is 0 Å². The zero-order valence-electron chi connectivity index (χ0n) is 19.2. The first-order chi connectivity index (χ1) is 17.3. The molecule has 0 saturated carbocycles. The third kappa shape index (κ3) is 3.28. The predicted octanol–water partition coefficient (Wildman–Crippen LogP) is 9.51. The summed E-state index contributed by atoms with van der Waals surface area (Å²) >= 11 is 1.80. The van der Waals surface area contributed by atoms with E-state index >= 15 is 0 Å². The molecule has 3 heterocycles. The van der Waals surface area contributed by atoms with Crippen LogP contribution in [0.25, 0.3) is 64.8 Å². The molecule has 0 bridgehead atoms. The van der Waals surface area contributed by atoms with Gasteiger partial charge in [0.1, 0.15) is 11.2 Å². The first-order valence-corrected chi connectivity index (χ1v) is 12.5. The monoisotopic (exact) mass is 467 g/mol. The topological polar surface area (TPSA) is 26.0 Å². The highest BCUT2D eigenvalue weighted by Crippen LogP contribution is 2.45. The van der Waals surface area contributed by atoms with Crippen LogP contribution in [0.3, 0.4) is 0 Å². The average molecular weight is 468 g/mol. The maximum Gasteiger partial charge on any atom is 0.144 e. The van der Waals surface area contributed by atoms with E-state index in [0.29, 0.717) is 0 Å². The van der Waals surface area contributed by atoms with Gasteiger partial charge in [-0.15, -0.1) is 11.3 Å². The molecule has 0 aliphatic heterocycles. The molecular weight excluding hydrogens is 446 g/mol. The molecular formula is C32H21NOS. The number of para-hydroxylation sites is 1. The van der Waals surface area contributed by atoms with E-state index in [1.807, 2.05) is 18.3 Å². The lowest BCUT2D eigenvalue weighted by atomic mass is 9.99. The average Bonchev–Trinajstić information content (AvgIpc) is 3.51. The fourth-order valence-electron chi connectivity index (χ4n) is 4.96. The van der Waals surface area contributed by atoms with E-state index in [9.17, 15) is 0 Å². The Labute approximate surface area is 207 Å². The molecule has 3 heteroatoms. The van der Waals surface area contributed by atoms with Crippen molar-refractivity contribution in [2.45, 2.75) is 6.92 Å². The zero-order valence-corrected chi connectivity index (χ0v) is 20.0. The number of aromatic nitrogens is 1. The van der Waals surface area contributed by atoms with E-state index in [-0.39, 0.29) is 0 Å². The fourth-order valence-corrected chi connectivity index (χ4v) is 6.14. The van der Waals surface area contributed by atoms with Crippen LogP contribution in [0.15, 0.2) is 114 Å². The maximum atomic E-state index is 6.41. The second-order valence-corrected chi connectivity index (χ2v) is 9.95. The van der Waals surface area contributed by atoms with Crippen LogP contribution in [0.1, 0.15) is 5.56 Å². The molecule has 35 heavy (non-hydrogen) atoms. The van der Waals surface area contributed by atoms with Gasteiger partial charge in [0.05, 0.1) is 10.4 Å². The second-order valence-electron chi connectivity index (χ2n) is 8.89. The largest absolute Gasteiger partial charge is 0.455 e. The molecule has 3 aromatic heterocycles. The van der Waals surface area contributed by atoms with E-state index in [4.69, 9.17) is 9.40 Å². The standard InChI is InChI=1S/C32H21NOS/c1-20-16-24-23-14-8-9-15-28(23)34-31(24)26(17-20)30-32-25(18-29(35-32)22-12-6-3-7-13-22)27(19-33-30)21-10-4-2-5-11-21/h2-19H,1H3. The quantitative estimate of drug-likeness (QED) is 0.259. The summed E-state index contributed by atoms with van der Waals surface area (Å²) in [6, 6.07) is 36.1. The van der Waals surface area contributed by atoms with Gasteiger partial charge in [-0.25, -0.2) is 0 Å². The summed E-state index contributed by atoms with van der Waals surface area (Å²) < 4.78 is 7.59. The highest BCUT2D eigenvalue weighted by atomic mass is 32.1. The Morgan fingerprint density at radius 2 is 1.37 bits per heavy atom. The van der Waals surface area contributed by atoms with E-state index in [0.717, 1.165) is 38.8 Å². The molecule has 0 amide bonds. The molecule has 0 aliphatic rings. The molecule has 166 valence electrons. The smallest absolute Gasteiger partial charge is 0.144 e. The number of fused-ring (bicyclic) bond motifs is 4. The van der Waals surface area contributed by atoms with Gasteiger partial charge in [-0.05, 0) is 47.9 Å². The van der Waals surface area contributed by atoms with Crippen LogP contribution in [0.4, 0.5) is 0 Å². The van der Waals surface area contributed by atoms with Crippen molar-refractivity contribution in [2.75, 3.05) is 0 Å². The maximum absolute atomic E-state index is 6.41. The third-order valence-corrected chi connectivity index (χ3v) is 7.77. The van der Waals surface area contributed by atoms with E-state index in [1.54, 1.807) is 11.3 Å². The summed E-state index contributed by atoms with van der Waals surface area (Å²) in [6.07, 6.45) is 2.02. The lowest BCUT2D eigenvalue weighted by Crippen LogP contribution is -1.89. The number of hydrogen-bond donors (Lipinski definition) is 0. The summed E-state index contributed by atoms with van der Waals surface area (Å²) in [7, 11) is 0. The second kappa shape index (κ2) is 7.93. The molecule has 2 nitrogen and oxygen atoms in total. The molecule has 0 radical (unpaired) electrons. The minimum atomic E-state index is 0.896. The number of rotatable bonds is 3. The van der Waals surface area contributed by atoms with Gasteiger partial charge in [-0.3, -0.25) is 4.98 Å². The van der Waals surface area contributed by atoms with Crippen LogP contribution in [0, 0.1) is 6.92 Å². The van der Waals surface area contributed by atoms with Gasteiger partial charge in [-0.2, -0.15) is 0 Å². The van der Waals surface area contributed by atoms with Crippen molar-refractivity contribution in [1.82, 2.24) is 4.98 Å². The van der Waals surface area contributed by atoms with E-state index in [1.165, 1.54) is 31.7 Å². The van der Waals surface area contributed by atoms with Crippen LogP contribution in [0.5, 0.6) is 0 Å². The Morgan fingerprint density at radius 3 is 2.17 bits per heavy atom. The van der Waals surface area contributed by atoms with Gasteiger partial charge < -0.3 is 4.42 Å². The molecule has 7 rings (SSSR count). The van der Waals surface area contributed by atoms with Crippen molar-refractivity contribution in [3.63, 3.8) is 0 Å². The van der Waals surface area contributed by atoms with Crippen molar-refractivity contribution < 1.29 is 4.42 Å². The predicted molar refractivity (Wildman–Crippen MR) is 148 cm³/mol. The first kappa shape index (κ1) is 20.2. The Bertz CT molecular complexity index is 1850. The lowest BCUT2D eigenvalue weighted by Gasteiger charge is -2.09. The van der Waals surface area contributed by atoms with Gasteiger partial charge in [0.15, 0.2) is 0 Å². The molecule has 0 fully saturated rings. The highest BCUT2D eigenvalue weighted by molar-refractivity contribution is 7.22. The number of thiophene rings is 1. The minimum Gasteiger partial charge on any atom is -0.455 e. The van der Waals surface area contributed by atoms with Crippen LogP contribution < -0.4 is 0 Å². The molecule has 0 unspecified atom stereocenters. The normalized spacial score (nSPS) is 11.6. The molecule has 0 spiro atoms. The summed E-state index contributed by atoms with van der Waals surface area (Å²) in [5.41, 5.74) is 8.55. The number of furan rings is 1. The van der Waals surface area contributed by atoms with Crippen LogP contribution in [0.2, 0.25) is 0 Å². The third-order valence-electron chi connectivity index (χ3n) is 6.58. The van der Waals surface area contributed by atoms with Crippen LogP contribution >= 0.6 is 11.3 Å². The molecule has 0 aliphatic carbocycles. The summed E-state index contributed by atoms with van der Waals surface area (Å²) in [4.78, 5) is 6.31. The summed E-state index contributed by atoms with van der Waals surface area (Å²) in [6.45, 7) is 2.14. The zero-order chi connectivity index (χ0) is 23.4. The van der Waals surface area contributed by atoms with E-state index < -0.39 is 0 Å². The fraction of sp³-hybridized carbons (Fsp3) is 0.0312. The van der Waals surface area contributed by atoms with Gasteiger partial charge in [0.2, 0.25) is 0 Å². The summed E-state index contributed by atoms with van der Waals surface area (Å²) in [5.74, 6) is 0. The van der Waals surface area contributed by atoms with Crippen molar-refractivity contribution >= 4 is 43.4 Å². The molecule has 0 saturated heterocycles. The van der Waals surface area contributed by atoms with Gasteiger partial charge >= 0.3 is 0 Å². The van der Waals surface area contributed by atoms with Crippen molar-refractivity contribution in [1.29, 1.82) is 0 Å². The Hall–Kier alpha value is -4.21. The van der Waals surface area contributed by atoms with Crippen LogP contribution in [-0.2, 0) is 0 Å². The highest BCUT2D eigenvalue weighted by Gasteiger charge is 2.20. The number of benzene rings is 4. The number of pyridine rings is 1. The minimum absolute atomic E-state index is 0.896. The molecule has 0 atom stereocenters. The number of hydrogen-bond acceptors (Lipinski definition) is 3. The number of aryl methyl sites for hydroxylation is 1. The first-order valence-electron chi connectivity index (χ1n) is 11.7. The SMILES string of the molecule is Cc1cc(-c2ncc(-c3ccccc3)c3cc(-c4ccccc4)sc23)c2oc3ccccc3c2c1. The summed E-state index contributed by atoms with van der Waals surface area (Å²) in [5, 5.41) is 3.49. The molecule has 7 aromatic rings. The Balaban J connectivity index is 1.56. The Kier molecular flexibility index (Phi) is 4.58. The van der Waals surface area contributed by atoms with Gasteiger partial charge in [0, 0.05) is 38.4 Å². The Morgan fingerprint density at radius 1 is 0.657 bits per heavy atom. The van der Waals surface area contributed by atoms with Crippen molar-refractivity contribution in [3.8, 4) is 32.8 Å². The van der Waals surface area contributed by atoms with Crippen molar-refractivity contribution in [3.05, 3.63) is 115 Å². The van der Waals surface area contributed by atoms with Crippen LogP contribution in [-0.4, -0.2) is 4.98 Å². The lowest BCUT2D eigenvalue weighted by molar-refractivity contribution is 0.670. The number of nitrogens with zero attached hydrogens (tertiary/aromatic N) is 1.